The second-order valence-electron chi connectivity index (χ2n) is 18.4. The molecule has 0 saturated carbocycles. The molecule has 0 aliphatic heterocycles. The van der Waals surface area contributed by atoms with E-state index in [4.69, 9.17) is 0 Å². The van der Waals surface area contributed by atoms with Gasteiger partial charge < -0.3 is 9.80 Å². The molecule has 58 heavy (non-hydrogen) atoms. The molecule has 288 valence electrons. The van der Waals surface area contributed by atoms with Gasteiger partial charge in [0.05, 0.1) is 33.2 Å². The lowest BCUT2D eigenvalue weighted by Gasteiger charge is -2.31. The van der Waals surface area contributed by atoms with Crippen molar-refractivity contribution in [1.29, 1.82) is 0 Å². The first-order chi connectivity index (χ1) is 27.7. The molecule has 9 rings (SSSR count). The summed E-state index contributed by atoms with van der Waals surface area (Å²) in [6, 6.07) is 58.7. The predicted molar refractivity (Wildman–Crippen MR) is 254 cm³/mol. The van der Waals surface area contributed by atoms with E-state index >= 15 is 4.39 Å². The Kier molecular flexibility index (Phi) is 9.10. The van der Waals surface area contributed by atoms with E-state index in [0.29, 0.717) is 5.69 Å². The fourth-order valence-corrected chi connectivity index (χ4v) is 11.3. The smallest absolute Gasteiger partial charge is 0.147 e. The topological polar surface area (TPSA) is 6.48 Å². The Morgan fingerprint density at radius 3 is 1.59 bits per heavy atom. The van der Waals surface area contributed by atoms with Crippen LogP contribution in [0.4, 0.5) is 38.5 Å². The molecule has 0 saturated heterocycles. The number of fused-ring (bicyclic) bond motifs is 6. The Labute approximate surface area is 345 Å². The zero-order valence-corrected chi connectivity index (χ0v) is 36.9. The minimum Gasteiger partial charge on any atom is -0.309 e. The summed E-state index contributed by atoms with van der Waals surface area (Å²) in [6.45, 7) is 19.0. The van der Waals surface area contributed by atoms with E-state index in [0.717, 1.165) is 28.4 Å². The third kappa shape index (κ3) is 6.38. The molecule has 0 spiro atoms. The molecule has 0 amide bonds. The van der Waals surface area contributed by atoms with Crippen molar-refractivity contribution in [2.75, 3.05) is 9.80 Å². The van der Waals surface area contributed by atoms with E-state index in [-0.39, 0.29) is 11.2 Å². The summed E-state index contributed by atoms with van der Waals surface area (Å²) < 4.78 is 15.8. The molecule has 0 radical (unpaired) electrons. The second kappa shape index (κ2) is 14.0. The number of halogens is 1. The monoisotopic (exact) mass is 790 g/mol. The highest BCUT2D eigenvalue weighted by atomic mass is 28.3. The zero-order chi connectivity index (χ0) is 40.6. The molecule has 0 bridgehead atoms. The summed E-state index contributed by atoms with van der Waals surface area (Å²) in [6.07, 6.45) is 0. The van der Waals surface area contributed by atoms with E-state index in [1.807, 2.05) is 12.1 Å². The van der Waals surface area contributed by atoms with Crippen LogP contribution in [0.25, 0.3) is 32.7 Å². The van der Waals surface area contributed by atoms with E-state index in [9.17, 15) is 0 Å². The van der Waals surface area contributed by atoms with Gasteiger partial charge in [0.1, 0.15) is 5.82 Å². The van der Waals surface area contributed by atoms with Gasteiger partial charge in [-0.2, -0.15) is 0 Å². The molecule has 1 aliphatic rings. The zero-order valence-electron chi connectivity index (χ0n) is 34.9. The number of para-hydroxylation sites is 1. The van der Waals surface area contributed by atoms with E-state index in [2.05, 4.69) is 202 Å². The van der Waals surface area contributed by atoms with Crippen LogP contribution in [0.3, 0.4) is 0 Å². The Balaban J connectivity index is 1.25. The number of nitrogens with zero attached hydrogens (tertiary/aromatic N) is 2. The molecule has 0 unspecified atom stereocenters. The maximum absolute atomic E-state index is 15.8. The van der Waals surface area contributed by atoms with Crippen LogP contribution in [0.5, 0.6) is 0 Å². The average molecular weight is 791 g/mol. The number of hydrogen-bond acceptors (Lipinski definition) is 2. The lowest BCUT2D eigenvalue weighted by atomic mass is 9.81. The first-order valence-corrected chi connectivity index (χ1v) is 27.5. The summed E-state index contributed by atoms with van der Waals surface area (Å²) >= 11 is 0. The van der Waals surface area contributed by atoms with Crippen molar-refractivity contribution >= 4 is 82.2 Å². The van der Waals surface area contributed by atoms with Crippen LogP contribution in [0.2, 0.25) is 39.3 Å². The van der Waals surface area contributed by atoms with Crippen LogP contribution >= 0.6 is 0 Å². The summed E-state index contributed by atoms with van der Waals surface area (Å²) in [4.78, 5) is 4.56. The molecule has 5 heteroatoms. The summed E-state index contributed by atoms with van der Waals surface area (Å²) in [5.41, 5.74) is 10.5. The number of benzene rings is 8. The standard InChI is InChI=1S/C53H51FN2Si2/c1-53(2)46-34-39(55(50-22-14-13-21-48(50)54)37-24-29-40(30-25-37)57(3,4)5)28-33-45(46)52-44-20-12-11-19-43(44)51(35-47(52)53)56(38-26-31-41(32-27-38)58(6,7)8)49-23-15-17-36-16-9-10-18-42(36)49/h9-35H,1-8H3. The van der Waals surface area contributed by atoms with E-state index < -0.39 is 16.1 Å². The molecule has 8 aromatic carbocycles. The minimum absolute atomic E-state index is 0.248. The van der Waals surface area contributed by atoms with Crippen molar-refractivity contribution in [3.05, 3.63) is 181 Å². The SMILES string of the molecule is CC1(C)c2cc(N(c3ccc([Si](C)(C)C)cc3)c3ccccc3F)ccc2-c2c1cc(N(c1ccc([Si](C)(C)C)cc1)c1cccc3ccccc13)c1ccccc21. The Hall–Kier alpha value is -5.76. The number of hydrogen-bond donors (Lipinski definition) is 0. The molecular formula is C53H51FN2Si2. The van der Waals surface area contributed by atoms with Crippen molar-refractivity contribution in [2.45, 2.75) is 58.5 Å². The maximum atomic E-state index is 15.8. The van der Waals surface area contributed by atoms with Gasteiger partial charge in [0.15, 0.2) is 0 Å². The van der Waals surface area contributed by atoms with Crippen molar-refractivity contribution in [2.24, 2.45) is 0 Å². The van der Waals surface area contributed by atoms with E-state index in [1.54, 1.807) is 12.1 Å². The normalized spacial score (nSPS) is 13.4. The van der Waals surface area contributed by atoms with Gasteiger partial charge in [-0.1, -0.05) is 167 Å². The predicted octanol–water partition coefficient (Wildman–Crippen LogP) is 14.5. The third-order valence-electron chi connectivity index (χ3n) is 12.2. The van der Waals surface area contributed by atoms with Crippen LogP contribution < -0.4 is 20.2 Å². The van der Waals surface area contributed by atoms with E-state index in [1.165, 1.54) is 54.2 Å². The van der Waals surface area contributed by atoms with Crippen molar-refractivity contribution in [3.8, 4) is 11.1 Å². The van der Waals surface area contributed by atoms with Gasteiger partial charge in [0, 0.05) is 33.2 Å². The third-order valence-corrected chi connectivity index (χ3v) is 16.4. The highest BCUT2D eigenvalue weighted by Crippen LogP contribution is 2.56. The lowest BCUT2D eigenvalue weighted by Crippen LogP contribution is -2.37. The maximum Gasteiger partial charge on any atom is 0.147 e. The van der Waals surface area contributed by atoms with Crippen molar-refractivity contribution < 1.29 is 4.39 Å². The fourth-order valence-electron chi connectivity index (χ4n) is 8.97. The highest BCUT2D eigenvalue weighted by Gasteiger charge is 2.39. The summed E-state index contributed by atoms with van der Waals surface area (Å²) in [5, 5.41) is 7.67. The highest BCUT2D eigenvalue weighted by molar-refractivity contribution is 6.89. The van der Waals surface area contributed by atoms with Crippen molar-refractivity contribution in [3.63, 3.8) is 0 Å². The first kappa shape index (κ1) is 37.8. The fraction of sp³-hybridized carbons (Fsp3) is 0.170. The van der Waals surface area contributed by atoms with Crippen LogP contribution in [0, 0.1) is 5.82 Å². The van der Waals surface area contributed by atoms with Crippen LogP contribution in [0.1, 0.15) is 25.0 Å². The average Bonchev–Trinajstić information content (AvgIpc) is 3.44. The molecule has 2 nitrogen and oxygen atoms in total. The van der Waals surface area contributed by atoms with Gasteiger partial charge in [-0.25, -0.2) is 4.39 Å². The Bertz CT molecular complexity index is 2840. The summed E-state index contributed by atoms with van der Waals surface area (Å²) in [5.74, 6) is -0.248. The quantitative estimate of drug-likeness (QED) is 0.141. The Morgan fingerprint density at radius 2 is 0.948 bits per heavy atom. The van der Waals surface area contributed by atoms with Gasteiger partial charge >= 0.3 is 0 Å². The minimum atomic E-state index is -1.53. The molecule has 0 fully saturated rings. The van der Waals surface area contributed by atoms with Crippen LogP contribution in [-0.2, 0) is 5.41 Å². The van der Waals surface area contributed by atoms with Gasteiger partial charge in [0.25, 0.3) is 0 Å². The van der Waals surface area contributed by atoms with Crippen LogP contribution in [-0.4, -0.2) is 16.1 Å². The molecule has 1 aliphatic carbocycles. The Morgan fingerprint density at radius 1 is 0.431 bits per heavy atom. The van der Waals surface area contributed by atoms with Crippen molar-refractivity contribution in [1.82, 2.24) is 0 Å². The summed E-state index contributed by atoms with van der Waals surface area (Å²) in [7, 11) is -3.04. The molecular weight excluding hydrogens is 740 g/mol. The van der Waals surface area contributed by atoms with Gasteiger partial charge in [-0.3, -0.25) is 0 Å². The molecule has 0 aromatic heterocycles. The number of rotatable bonds is 8. The lowest BCUT2D eigenvalue weighted by molar-refractivity contribution is 0.628. The molecule has 8 aromatic rings. The second-order valence-corrected chi connectivity index (χ2v) is 28.6. The van der Waals surface area contributed by atoms with Gasteiger partial charge in [0.2, 0.25) is 0 Å². The van der Waals surface area contributed by atoms with Crippen LogP contribution in [0.15, 0.2) is 164 Å². The van der Waals surface area contributed by atoms with Gasteiger partial charge in [-0.15, -0.1) is 0 Å². The molecule has 0 N–H and O–H groups in total. The molecule has 0 atom stereocenters. The number of anilines is 6. The first-order valence-electron chi connectivity index (χ1n) is 20.5. The molecule has 0 heterocycles. The van der Waals surface area contributed by atoms with Gasteiger partial charge in [-0.05, 0) is 93.7 Å². The largest absolute Gasteiger partial charge is 0.309 e.